The lowest BCUT2D eigenvalue weighted by Crippen LogP contribution is -2.45. The zero-order chi connectivity index (χ0) is 11.7. The van der Waals surface area contributed by atoms with Crippen LogP contribution in [0.1, 0.15) is 13.8 Å². The molecule has 5 heteroatoms. The maximum atomic E-state index is 5.28. The Labute approximate surface area is 97.9 Å². The summed E-state index contributed by atoms with van der Waals surface area (Å²) >= 11 is 5.28. The highest BCUT2D eigenvalue weighted by Crippen LogP contribution is 1.93. The number of nitrogens with zero attached hydrogens (tertiary/aromatic N) is 1. The maximum Gasteiger partial charge on any atom is 0.169 e. The first kappa shape index (κ1) is 14.6. The smallest absolute Gasteiger partial charge is 0.169 e. The van der Waals surface area contributed by atoms with Crippen LogP contribution in [0.25, 0.3) is 0 Å². The predicted octanol–water partition coefficient (Wildman–Crippen LogP) is 0.864. The van der Waals surface area contributed by atoms with Crippen LogP contribution in [-0.4, -0.2) is 56.6 Å². The topological polar surface area (TPSA) is 33.7 Å². The molecule has 0 heterocycles. The molecule has 0 aliphatic rings. The van der Waals surface area contributed by atoms with E-state index in [1.54, 1.807) is 14.2 Å². The van der Waals surface area contributed by atoms with Crippen LogP contribution in [0.4, 0.5) is 0 Å². The molecule has 0 aromatic carbocycles. The van der Waals surface area contributed by atoms with E-state index in [9.17, 15) is 0 Å². The summed E-state index contributed by atoms with van der Waals surface area (Å²) in [5.74, 6) is 0. The monoisotopic (exact) mass is 234 g/mol. The van der Waals surface area contributed by atoms with Gasteiger partial charge in [-0.25, -0.2) is 0 Å². The number of ether oxygens (including phenoxy) is 2. The number of thiocarbonyl (C=S) groups is 1. The molecule has 0 aliphatic carbocycles. The molecule has 0 amide bonds. The normalized spacial score (nSPS) is 10.5. The summed E-state index contributed by atoms with van der Waals surface area (Å²) in [5.41, 5.74) is 0. The van der Waals surface area contributed by atoms with Crippen LogP contribution < -0.4 is 5.32 Å². The number of hydrogen-bond acceptors (Lipinski definition) is 3. The van der Waals surface area contributed by atoms with E-state index < -0.39 is 0 Å². The van der Waals surface area contributed by atoms with Crippen molar-refractivity contribution < 1.29 is 9.47 Å². The minimum atomic E-state index is 0.352. The molecule has 0 atom stereocenters. The van der Waals surface area contributed by atoms with Crippen molar-refractivity contribution in [2.45, 2.75) is 19.9 Å². The summed E-state index contributed by atoms with van der Waals surface area (Å²) in [6.07, 6.45) is 0. The van der Waals surface area contributed by atoms with E-state index in [-0.39, 0.29) is 0 Å². The number of nitrogens with one attached hydrogen (secondary N) is 1. The predicted molar refractivity (Wildman–Crippen MR) is 66.2 cm³/mol. The molecular formula is C10H22N2O2S. The minimum absolute atomic E-state index is 0.352. The van der Waals surface area contributed by atoms with Gasteiger partial charge in [-0.3, -0.25) is 0 Å². The average molecular weight is 234 g/mol. The second-order valence-electron chi connectivity index (χ2n) is 3.58. The van der Waals surface area contributed by atoms with E-state index in [0.717, 1.165) is 18.2 Å². The summed E-state index contributed by atoms with van der Waals surface area (Å²) in [5, 5.41) is 3.97. The molecule has 15 heavy (non-hydrogen) atoms. The minimum Gasteiger partial charge on any atom is -0.383 e. The molecule has 0 radical (unpaired) electrons. The second-order valence-corrected chi connectivity index (χ2v) is 3.96. The van der Waals surface area contributed by atoms with E-state index in [1.165, 1.54) is 0 Å². The van der Waals surface area contributed by atoms with Crippen molar-refractivity contribution >= 4 is 17.3 Å². The van der Waals surface area contributed by atoms with Gasteiger partial charge in [0.1, 0.15) is 0 Å². The number of hydrogen-bond donors (Lipinski definition) is 1. The van der Waals surface area contributed by atoms with E-state index >= 15 is 0 Å². The Bertz CT molecular complexity index is 169. The zero-order valence-electron chi connectivity index (χ0n) is 10.1. The van der Waals surface area contributed by atoms with E-state index in [4.69, 9.17) is 21.7 Å². The van der Waals surface area contributed by atoms with Crippen molar-refractivity contribution in [3.63, 3.8) is 0 Å². The molecule has 0 aromatic heterocycles. The van der Waals surface area contributed by atoms with Gasteiger partial charge in [-0.15, -0.1) is 0 Å². The van der Waals surface area contributed by atoms with Crippen molar-refractivity contribution in [1.29, 1.82) is 0 Å². The second kappa shape index (κ2) is 8.88. The molecule has 0 spiro atoms. The first-order valence-electron chi connectivity index (χ1n) is 5.15. The Morgan fingerprint density at radius 3 is 2.00 bits per heavy atom. The van der Waals surface area contributed by atoms with Crippen LogP contribution >= 0.6 is 12.2 Å². The number of methoxy groups -OCH3 is 2. The van der Waals surface area contributed by atoms with Gasteiger partial charge in [0.25, 0.3) is 0 Å². The highest BCUT2D eigenvalue weighted by molar-refractivity contribution is 7.80. The summed E-state index contributed by atoms with van der Waals surface area (Å²) in [7, 11) is 3.38. The van der Waals surface area contributed by atoms with Gasteiger partial charge in [0.15, 0.2) is 5.11 Å². The lowest BCUT2D eigenvalue weighted by molar-refractivity contribution is 0.145. The Balaban J connectivity index is 4.01. The van der Waals surface area contributed by atoms with Gasteiger partial charge in [-0.2, -0.15) is 0 Å². The Morgan fingerprint density at radius 1 is 1.20 bits per heavy atom. The molecule has 0 fully saturated rings. The van der Waals surface area contributed by atoms with Crippen molar-refractivity contribution in [2.75, 3.05) is 40.5 Å². The van der Waals surface area contributed by atoms with Gasteiger partial charge >= 0.3 is 0 Å². The Kier molecular flexibility index (Phi) is 8.65. The van der Waals surface area contributed by atoms with Crippen LogP contribution in [0.15, 0.2) is 0 Å². The lowest BCUT2D eigenvalue weighted by Gasteiger charge is -2.26. The van der Waals surface area contributed by atoms with Gasteiger partial charge in [0, 0.05) is 33.4 Å². The van der Waals surface area contributed by atoms with Crippen LogP contribution in [-0.2, 0) is 9.47 Å². The molecule has 0 saturated heterocycles. The SMILES string of the molecule is COCCN(CCOC)C(=S)NC(C)C. The third-order valence-corrected chi connectivity index (χ3v) is 2.21. The van der Waals surface area contributed by atoms with Gasteiger partial charge in [-0.1, -0.05) is 0 Å². The first-order chi connectivity index (χ1) is 7.11. The Hall–Kier alpha value is -0.390. The molecule has 0 saturated carbocycles. The quantitative estimate of drug-likeness (QED) is 0.661. The van der Waals surface area contributed by atoms with Crippen molar-refractivity contribution in [3.05, 3.63) is 0 Å². The first-order valence-corrected chi connectivity index (χ1v) is 5.56. The van der Waals surface area contributed by atoms with Gasteiger partial charge in [0.2, 0.25) is 0 Å². The van der Waals surface area contributed by atoms with Gasteiger partial charge < -0.3 is 19.7 Å². The standard InChI is InChI=1S/C10H22N2O2S/c1-9(2)11-10(15)12(5-7-13-3)6-8-14-4/h9H,5-8H2,1-4H3,(H,11,15). The fraction of sp³-hybridized carbons (Fsp3) is 0.900. The maximum absolute atomic E-state index is 5.28. The molecule has 0 unspecified atom stereocenters. The molecule has 90 valence electrons. The largest absolute Gasteiger partial charge is 0.383 e. The Morgan fingerprint density at radius 2 is 1.67 bits per heavy atom. The molecular weight excluding hydrogens is 212 g/mol. The van der Waals surface area contributed by atoms with E-state index in [0.29, 0.717) is 19.3 Å². The van der Waals surface area contributed by atoms with E-state index in [2.05, 4.69) is 24.1 Å². The molecule has 0 bridgehead atoms. The summed E-state index contributed by atoms with van der Waals surface area (Å²) in [4.78, 5) is 2.06. The van der Waals surface area contributed by atoms with Crippen LogP contribution in [0.2, 0.25) is 0 Å². The molecule has 0 aromatic rings. The van der Waals surface area contributed by atoms with E-state index in [1.807, 2.05) is 0 Å². The number of rotatable bonds is 7. The van der Waals surface area contributed by atoms with Gasteiger partial charge in [-0.05, 0) is 26.1 Å². The third kappa shape index (κ3) is 7.53. The highest BCUT2D eigenvalue weighted by Gasteiger charge is 2.09. The van der Waals surface area contributed by atoms with Crippen LogP contribution in [0.5, 0.6) is 0 Å². The van der Waals surface area contributed by atoms with Gasteiger partial charge in [0.05, 0.1) is 13.2 Å². The molecule has 0 aliphatic heterocycles. The van der Waals surface area contributed by atoms with Crippen LogP contribution in [0.3, 0.4) is 0 Å². The fourth-order valence-electron chi connectivity index (χ4n) is 1.06. The summed E-state index contributed by atoms with van der Waals surface area (Å²) in [6.45, 7) is 7.05. The highest BCUT2D eigenvalue weighted by atomic mass is 32.1. The lowest BCUT2D eigenvalue weighted by atomic mass is 10.4. The van der Waals surface area contributed by atoms with Crippen molar-refractivity contribution in [3.8, 4) is 0 Å². The molecule has 0 rings (SSSR count). The summed E-state index contributed by atoms with van der Waals surface area (Å²) in [6, 6.07) is 0.352. The van der Waals surface area contributed by atoms with Crippen molar-refractivity contribution in [1.82, 2.24) is 10.2 Å². The zero-order valence-corrected chi connectivity index (χ0v) is 10.9. The third-order valence-electron chi connectivity index (χ3n) is 1.83. The van der Waals surface area contributed by atoms with Crippen LogP contribution in [0, 0.1) is 0 Å². The summed E-state index contributed by atoms with van der Waals surface area (Å²) < 4.78 is 10.1. The fourth-order valence-corrected chi connectivity index (χ4v) is 1.47. The van der Waals surface area contributed by atoms with Crippen molar-refractivity contribution in [2.24, 2.45) is 0 Å². The average Bonchev–Trinajstić information content (AvgIpc) is 2.17. The molecule has 4 nitrogen and oxygen atoms in total. The molecule has 1 N–H and O–H groups in total.